The molecule has 0 saturated carbocycles. The van der Waals surface area contributed by atoms with Gasteiger partial charge in [0.15, 0.2) is 5.78 Å². The van der Waals surface area contributed by atoms with Crippen molar-refractivity contribution in [3.05, 3.63) is 0 Å². The van der Waals surface area contributed by atoms with E-state index in [2.05, 4.69) is 0 Å². The highest BCUT2D eigenvalue weighted by Gasteiger charge is 2.30. The van der Waals surface area contributed by atoms with Crippen molar-refractivity contribution < 1.29 is 9.59 Å². The summed E-state index contributed by atoms with van der Waals surface area (Å²) in [4.78, 5) is 23.8. The van der Waals surface area contributed by atoms with E-state index in [1.165, 1.54) is 6.92 Å². The average Bonchev–Trinajstić information content (AvgIpc) is 2.82. The molecule has 1 aliphatic rings. The Hall–Kier alpha value is -0.900. The number of likely N-dealkylation sites (tertiary alicyclic amines) is 1. The number of ketones is 1. The number of rotatable bonds is 2. The summed E-state index contributed by atoms with van der Waals surface area (Å²) in [5.41, 5.74) is 5.21. The molecule has 0 aromatic carbocycles. The molecular weight excluding hydrogens is 204 g/mol. The lowest BCUT2D eigenvalue weighted by molar-refractivity contribution is -0.135. The van der Waals surface area contributed by atoms with E-state index >= 15 is 0 Å². The minimum Gasteiger partial charge on any atom is -0.332 e. The first kappa shape index (κ1) is 17.5. The standard InChI is InChI=1S/C8H14N2O2.2C2H6/c1-6(11)7-3-2-4-10(7)8(12)5-9;2*1-2/h7H,2-5,9H2,1H3;2*1-2H3. The summed E-state index contributed by atoms with van der Waals surface area (Å²) in [6.07, 6.45) is 1.71. The third kappa shape index (κ3) is 5.26. The van der Waals surface area contributed by atoms with Gasteiger partial charge in [-0.1, -0.05) is 27.7 Å². The van der Waals surface area contributed by atoms with Gasteiger partial charge in [0.05, 0.1) is 12.6 Å². The number of Topliss-reactive ketones (excluding diaryl/α,β-unsaturated/α-hetero) is 1. The molecule has 1 rings (SSSR count). The van der Waals surface area contributed by atoms with Gasteiger partial charge in [0, 0.05) is 6.54 Å². The van der Waals surface area contributed by atoms with Gasteiger partial charge >= 0.3 is 0 Å². The zero-order valence-electron chi connectivity index (χ0n) is 11.2. The molecule has 4 heteroatoms. The van der Waals surface area contributed by atoms with Gasteiger partial charge in [0.25, 0.3) is 0 Å². The van der Waals surface area contributed by atoms with Crippen LogP contribution in [0.15, 0.2) is 0 Å². The molecule has 0 aliphatic carbocycles. The summed E-state index contributed by atoms with van der Waals surface area (Å²) < 4.78 is 0. The lowest BCUT2D eigenvalue weighted by Gasteiger charge is -2.21. The van der Waals surface area contributed by atoms with Gasteiger partial charge in [0.1, 0.15) is 0 Å². The molecular formula is C12H26N2O2. The van der Waals surface area contributed by atoms with Gasteiger partial charge in [-0.2, -0.15) is 0 Å². The summed E-state index contributed by atoms with van der Waals surface area (Å²) in [5.74, 6) is -0.0537. The van der Waals surface area contributed by atoms with E-state index in [9.17, 15) is 9.59 Å². The van der Waals surface area contributed by atoms with Gasteiger partial charge < -0.3 is 10.6 Å². The first-order chi connectivity index (χ1) is 7.66. The largest absolute Gasteiger partial charge is 0.332 e. The second-order valence-electron chi connectivity index (χ2n) is 3.06. The van der Waals surface area contributed by atoms with Crippen molar-refractivity contribution in [1.29, 1.82) is 0 Å². The maximum Gasteiger partial charge on any atom is 0.236 e. The maximum atomic E-state index is 11.2. The Bertz CT molecular complexity index is 205. The molecule has 1 saturated heterocycles. The zero-order valence-corrected chi connectivity index (χ0v) is 11.2. The Morgan fingerprint density at radius 3 is 2.12 bits per heavy atom. The van der Waals surface area contributed by atoms with Crippen LogP contribution in [0, 0.1) is 0 Å². The predicted octanol–water partition coefficient (Wildman–Crippen LogP) is 1.58. The summed E-state index contributed by atoms with van der Waals surface area (Å²) in [6, 6.07) is -0.207. The third-order valence-corrected chi connectivity index (χ3v) is 2.22. The fourth-order valence-electron chi connectivity index (χ4n) is 1.61. The van der Waals surface area contributed by atoms with Gasteiger partial charge in [0.2, 0.25) is 5.91 Å². The van der Waals surface area contributed by atoms with E-state index < -0.39 is 0 Å². The molecule has 16 heavy (non-hydrogen) atoms. The van der Waals surface area contributed by atoms with Crippen LogP contribution in [-0.2, 0) is 9.59 Å². The molecule has 1 amide bonds. The number of carbonyl (C=O) groups excluding carboxylic acids is 2. The summed E-state index contributed by atoms with van der Waals surface area (Å²) >= 11 is 0. The Balaban J connectivity index is 0. The minimum atomic E-state index is -0.207. The Morgan fingerprint density at radius 2 is 1.75 bits per heavy atom. The van der Waals surface area contributed by atoms with E-state index in [1.54, 1.807) is 4.90 Å². The van der Waals surface area contributed by atoms with Gasteiger partial charge in [-0.25, -0.2) is 0 Å². The van der Waals surface area contributed by atoms with Gasteiger partial charge in [-0.3, -0.25) is 9.59 Å². The molecule has 1 unspecified atom stereocenters. The number of hydrogen-bond acceptors (Lipinski definition) is 3. The monoisotopic (exact) mass is 230 g/mol. The Morgan fingerprint density at radius 1 is 1.25 bits per heavy atom. The first-order valence-corrected chi connectivity index (χ1v) is 6.17. The quantitative estimate of drug-likeness (QED) is 0.783. The number of nitrogens with zero attached hydrogens (tertiary/aromatic N) is 1. The van der Waals surface area contributed by atoms with Crippen molar-refractivity contribution in [3.8, 4) is 0 Å². The van der Waals surface area contributed by atoms with Crippen LogP contribution in [0.4, 0.5) is 0 Å². The molecule has 2 N–H and O–H groups in total. The van der Waals surface area contributed by atoms with Crippen molar-refractivity contribution in [3.63, 3.8) is 0 Å². The number of amides is 1. The SMILES string of the molecule is CC.CC.CC(=O)C1CCCN1C(=O)CN. The van der Waals surface area contributed by atoms with Crippen LogP contribution in [-0.4, -0.2) is 35.7 Å². The molecule has 4 nitrogen and oxygen atoms in total. The number of carbonyl (C=O) groups is 2. The van der Waals surface area contributed by atoms with Gasteiger partial charge in [-0.15, -0.1) is 0 Å². The molecule has 0 aromatic heterocycles. The van der Waals surface area contributed by atoms with Crippen LogP contribution in [0.3, 0.4) is 0 Å². The lowest BCUT2D eigenvalue weighted by Crippen LogP contribution is -2.42. The molecule has 1 fully saturated rings. The van der Waals surface area contributed by atoms with Crippen molar-refractivity contribution in [1.82, 2.24) is 4.90 Å². The van der Waals surface area contributed by atoms with E-state index in [0.29, 0.717) is 6.54 Å². The number of hydrogen-bond donors (Lipinski definition) is 1. The maximum absolute atomic E-state index is 11.2. The van der Waals surface area contributed by atoms with E-state index in [1.807, 2.05) is 27.7 Å². The highest BCUT2D eigenvalue weighted by atomic mass is 16.2. The van der Waals surface area contributed by atoms with Crippen LogP contribution in [0.25, 0.3) is 0 Å². The minimum absolute atomic E-state index is 0.00375. The first-order valence-electron chi connectivity index (χ1n) is 6.17. The molecule has 0 bridgehead atoms. The highest BCUT2D eigenvalue weighted by molar-refractivity contribution is 5.88. The second kappa shape index (κ2) is 10.6. The molecule has 1 atom stereocenters. The fraction of sp³-hybridized carbons (Fsp3) is 0.833. The molecule has 0 aromatic rings. The van der Waals surface area contributed by atoms with Crippen molar-refractivity contribution >= 4 is 11.7 Å². The topological polar surface area (TPSA) is 63.4 Å². The molecule has 1 heterocycles. The second-order valence-corrected chi connectivity index (χ2v) is 3.06. The van der Waals surface area contributed by atoms with Crippen molar-refractivity contribution in [2.45, 2.75) is 53.5 Å². The normalized spacial score (nSPS) is 17.9. The van der Waals surface area contributed by atoms with E-state index in [-0.39, 0.29) is 24.3 Å². The molecule has 96 valence electrons. The summed E-state index contributed by atoms with van der Waals surface area (Å²) in [5, 5.41) is 0. The van der Waals surface area contributed by atoms with Crippen LogP contribution in [0.2, 0.25) is 0 Å². The smallest absolute Gasteiger partial charge is 0.236 e. The zero-order chi connectivity index (χ0) is 13.1. The molecule has 0 radical (unpaired) electrons. The fourth-order valence-corrected chi connectivity index (χ4v) is 1.61. The summed E-state index contributed by atoms with van der Waals surface area (Å²) in [7, 11) is 0. The summed E-state index contributed by atoms with van der Waals surface area (Å²) in [6.45, 7) is 10.2. The van der Waals surface area contributed by atoms with Crippen LogP contribution >= 0.6 is 0 Å². The number of nitrogens with two attached hydrogens (primary N) is 1. The predicted molar refractivity (Wildman–Crippen MR) is 67.2 cm³/mol. The lowest BCUT2D eigenvalue weighted by atomic mass is 10.1. The van der Waals surface area contributed by atoms with E-state index in [0.717, 1.165) is 12.8 Å². The Kier molecular flexibility index (Phi) is 11.6. The van der Waals surface area contributed by atoms with Gasteiger partial charge in [-0.05, 0) is 19.8 Å². The third-order valence-electron chi connectivity index (χ3n) is 2.22. The highest BCUT2D eigenvalue weighted by Crippen LogP contribution is 2.17. The Labute approximate surface area is 99.2 Å². The van der Waals surface area contributed by atoms with Crippen LogP contribution < -0.4 is 5.73 Å². The molecule has 0 spiro atoms. The van der Waals surface area contributed by atoms with Crippen LogP contribution in [0.1, 0.15) is 47.5 Å². The van der Waals surface area contributed by atoms with Crippen LogP contribution in [0.5, 0.6) is 0 Å². The van der Waals surface area contributed by atoms with Crippen molar-refractivity contribution in [2.75, 3.05) is 13.1 Å². The van der Waals surface area contributed by atoms with E-state index in [4.69, 9.17) is 5.73 Å². The molecule has 1 aliphatic heterocycles. The average molecular weight is 230 g/mol. The van der Waals surface area contributed by atoms with Crippen molar-refractivity contribution in [2.24, 2.45) is 5.73 Å².